The molecule has 0 aliphatic carbocycles. The minimum absolute atomic E-state index is 0.0241. The van der Waals surface area contributed by atoms with Crippen molar-refractivity contribution in [2.24, 2.45) is 10.9 Å². The van der Waals surface area contributed by atoms with Crippen molar-refractivity contribution in [1.29, 1.82) is 0 Å². The first-order chi connectivity index (χ1) is 13.9. The van der Waals surface area contributed by atoms with Gasteiger partial charge in [0.25, 0.3) is 5.69 Å². The third kappa shape index (κ3) is 4.42. The zero-order chi connectivity index (χ0) is 21.6. The van der Waals surface area contributed by atoms with Crippen LogP contribution < -0.4 is 11.2 Å². The molecule has 1 aliphatic heterocycles. The monoisotopic (exact) mass is 402 g/mol. The summed E-state index contributed by atoms with van der Waals surface area (Å²) in [6.07, 6.45) is 1.19. The molecule has 2 rings (SSSR count). The number of rotatable bonds is 7. The van der Waals surface area contributed by atoms with Crippen LogP contribution in [0, 0.1) is 10.1 Å². The largest absolute Gasteiger partial charge is 0.463 e. The Morgan fingerprint density at radius 3 is 2.34 bits per heavy atom. The second-order valence-electron chi connectivity index (χ2n) is 5.96. The van der Waals surface area contributed by atoms with Crippen molar-refractivity contribution >= 4 is 23.8 Å². The smallest absolute Gasteiger partial charge is 0.337 e. The van der Waals surface area contributed by atoms with E-state index in [4.69, 9.17) is 15.3 Å². The van der Waals surface area contributed by atoms with Crippen molar-refractivity contribution in [3.05, 3.63) is 62.5 Å². The summed E-state index contributed by atoms with van der Waals surface area (Å²) in [5, 5.41) is 18.0. The molecule has 1 aliphatic rings. The van der Waals surface area contributed by atoms with E-state index in [0.717, 1.165) is 0 Å². The van der Waals surface area contributed by atoms with Gasteiger partial charge in [-0.3, -0.25) is 10.1 Å². The zero-order valence-electron chi connectivity index (χ0n) is 16.3. The molecule has 1 heterocycles. The molecule has 1 aromatic rings. The highest BCUT2D eigenvalue weighted by Crippen LogP contribution is 2.42. The van der Waals surface area contributed by atoms with Crippen LogP contribution >= 0.6 is 0 Å². The maximum absolute atomic E-state index is 12.8. The molecule has 0 spiro atoms. The van der Waals surface area contributed by atoms with Gasteiger partial charge in [-0.2, -0.15) is 5.10 Å². The molecular formula is C19H22N4O6. The average molecular weight is 402 g/mol. The normalized spacial score (nSPS) is 16.6. The van der Waals surface area contributed by atoms with Gasteiger partial charge in [0, 0.05) is 17.3 Å². The van der Waals surface area contributed by atoms with Gasteiger partial charge < -0.3 is 20.6 Å². The van der Waals surface area contributed by atoms with Crippen molar-refractivity contribution in [3.63, 3.8) is 0 Å². The summed E-state index contributed by atoms with van der Waals surface area (Å²) < 4.78 is 10.3. The fourth-order valence-electron chi connectivity index (χ4n) is 3.15. The third-order valence-corrected chi connectivity index (χ3v) is 4.23. The van der Waals surface area contributed by atoms with E-state index in [1.165, 1.54) is 24.4 Å². The number of hydrazone groups is 1. The van der Waals surface area contributed by atoms with Gasteiger partial charge in [0.2, 0.25) is 0 Å². The summed E-state index contributed by atoms with van der Waals surface area (Å²) in [6, 6.07) is 5.87. The minimum atomic E-state index is -1.11. The summed E-state index contributed by atoms with van der Waals surface area (Å²) in [7, 11) is 0. The molecule has 0 saturated heterocycles. The van der Waals surface area contributed by atoms with Crippen LogP contribution in [0.25, 0.3) is 0 Å². The molecule has 0 bridgehead atoms. The highest BCUT2D eigenvalue weighted by Gasteiger charge is 2.41. The van der Waals surface area contributed by atoms with Crippen LogP contribution in [0.1, 0.15) is 32.3 Å². The highest BCUT2D eigenvalue weighted by atomic mass is 16.6. The van der Waals surface area contributed by atoms with Gasteiger partial charge in [0.1, 0.15) is 0 Å². The van der Waals surface area contributed by atoms with Crippen molar-refractivity contribution in [3.8, 4) is 0 Å². The first-order valence-electron chi connectivity index (χ1n) is 8.90. The molecule has 1 unspecified atom stereocenters. The summed E-state index contributed by atoms with van der Waals surface area (Å²) in [4.78, 5) is 36.6. The van der Waals surface area contributed by atoms with Crippen LogP contribution in [0.5, 0.6) is 0 Å². The number of nitrogens with zero attached hydrogens (tertiary/aromatic N) is 2. The number of para-hydroxylation sites is 1. The predicted molar refractivity (Wildman–Crippen MR) is 105 cm³/mol. The lowest BCUT2D eigenvalue weighted by Gasteiger charge is -2.30. The quantitative estimate of drug-likeness (QED) is 0.231. The van der Waals surface area contributed by atoms with E-state index in [1.54, 1.807) is 26.8 Å². The molecule has 0 aromatic heterocycles. The number of esters is 2. The molecule has 29 heavy (non-hydrogen) atoms. The number of carbonyl (C=O) groups is 2. The zero-order valence-corrected chi connectivity index (χ0v) is 16.3. The Morgan fingerprint density at radius 2 is 1.79 bits per heavy atom. The van der Waals surface area contributed by atoms with E-state index in [2.05, 4.69) is 10.4 Å². The molecule has 3 N–H and O–H groups in total. The molecule has 0 fully saturated rings. The van der Waals surface area contributed by atoms with E-state index in [9.17, 15) is 19.7 Å². The molecule has 154 valence electrons. The van der Waals surface area contributed by atoms with Crippen LogP contribution in [0.3, 0.4) is 0 Å². The Morgan fingerprint density at radius 1 is 1.21 bits per heavy atom. The van der Waals surface area contributed by atoms with Crippen LogP contribution in [-0.2, 0) is 19.1 Å². The molecule has 1 atom stereocenters. The van der Waals surface area contributed by atoms with E-state index >= 15 is 0 Å². The summed E-state index contributed by atoms with van der Waals surface area (Å²) in [5.41, 5.74) is 0.476. The summed E-state index contributed by atoms with van der Waals surface area (Å²) in [6.45, 7) is 5.02. The second kappa shape index (κ2) is 9.49. The number of nitro benzene ring substituents is 1. The number of ether oxygens (including phenoxy) is 2. The van der Waals surface area contributed by atoms with E-state index < -0.39 is 22.8 Å². The fourth-order valence-corrected chi connectivity index (χ4v) is 3.15. The number of hydrogen-bond donors (Lipinski definition) is 2. The summed E-state index contributed by atoms with van der Waals surface area (Å²) in [5.74, 6) is 2.71. The lowest BCUT2D eigenvalue weighted by Crippen LogP contribution is -2.34. The first-order valence-corrected chi connectivity index (χ1v) is 8.90. The SMILES string of the molecule is CCOC(=O)C1=C(C)NC(/C=N\N)=C(C(=O)OCC)C1c1ccccc1[N+](=O)[O-]. The van der Waals surface area contributed by atoms with E-state index in [1.807, 2.05) is 0 Å². The van der Waals surface area contributed by atoms with Crippen LogP contribution in [0.15, 0.2) is 51.9 Å². The number of nitro groups is 1. The van der Waals surface area contributed by atoms with Gasteiger partial charge in [-0.1, -0.05) is 18.2 Å². The topological polar surface area (TPSA) is 146 Å². The second-order valence-corrected chi connectivity index (χ2v) is 5.96. The number of carbonyl (C=O) groups excluding carboxylic acids is 2. The van der Waals surface area contributed by atoms with Gasteiger partial charge in [-0.25, -0.2) is 9.59 Å². The molecule has 1 aromatic carbocycles. The predicted octanol–water partition coefficient (Wildman–Crippen LogP) is 1.88. The molecule has 10 heteroatoms. The lowest BCUT2D eigenvalue weighted by atomic mass is 9.79. The standard InChI is InChI=1S/C19H22N4O6/c1-4-28-18(24)15-11(3)22-13(10-21-20)17(19(25)29-5-2)16(15)12-8-6-7-9-14(12)23(26)27/h6-10,16,22H,4-5,20H2,1-3H3/b21-10-. The van der Waals surface area contributed by atoms with Gasteiger partial charge >= 0.3 is 11.9 Å². The maximum atomic E-state index is 12.8. The van der Waals surface area contributed by atoms with E-state index in [0.29, 0.717) is 5.70 Å². The van der Waals surface area contributed by atoms with Gasteiger partial charge in [-0.05, 0) is 20.8 Å². The van der Waals surface area contributed by atoms with Gasteiger partial charge in [0.15, 0.2) is 0 Å². The molecular weight excluding hydrogens is 380 g/mol. The molecule has 10 nitrogen and oxygen atoms in total. The number of hydrogen-bond acceptors (Lipinski definition) is 9. The highest BCUT2D eigenvalue weighted by molar-refractivity contribution is 6.04. The van der Waals surface area contributed by atoms with Crippen LogP contribution in [-0.4, -0.2) is 36.3 Å². The van der Waals surface area contributed by atoms with Crippen molar-refractivity contribution in [2.75, 3.05) is 13.2 Å². The van der Waals surface area contributed by atoms with Crippen molar-refractivity contribution in [2.45, 2.75) is 26.7 Å². The average Bonchev–Trinajstić information content (AvgIpc) is 2.67. The lowest BCUT2D eigenvalue weighted by molar-refractivity contribution is -0.385. The Kier molecular flexibility index (Phi) is 7.07. The molecule has 0 amide bonds. The van der Waals surface area contributed by atoms with Crippen molar-refractivity contribution in [1.82, 2.24) is 5.32 Å². The Balaban J connectivity index is 2.85. The van der Waals surface area contributed by atoms with Gasteiger partial charge in [0.05, 0.1) is 47.1 Å². The number of allylic oxidation sites excluding steroid dienone is 2. The van der Waals surface area contributed by atoms with Crippen LogP contribution in [0.2, 0.25) is 0 Å². The van der Waals surface area contributed by atoms with Crippen molar-refractivity contribution < 1.29 is 24.0 Å². The third-order valence-electron chi connectivity index (χ3n) is 4.23. The Hall–Kier alpha value is -3.69. The number of dihydropyridines is 1. The molecule has 0 saturated carbocycles. The maximum Gasteiger partial charge on any atom is 0.337 e. The van der Waals surface area contributed by atoms with E-state index in [-0.39, 0.29) is 41.3 Å². The first kappa shape index (κ1) is 21.6. The summed E-state index contributed by atoms with van der Waals surface area (Å²) >= 11 is 0. The number of nitrogens with two attached hydrogens (primary N) is 1. The minimum Gasteiger partial charge on any atom is -0.463 e. The number of nitrogens with one attached hydrogen (secondary N) is 1. The Labute approximate surface area is 167 Å². The number of benzene rings is 1. The Bertz CT molecular complexity index is 919. The van der Waals surface area contributed by atoms with Crippen LogP contribution in [0.4, 0.5) is 5.69 Å². The van der Waals surface area contributed by atoms with Gasteiger partial charge in [-0.15, -0.1) is 0 Å². The fraction of sp³-hybridized carbons (Fsp3) is 0.316. The molecule has 0 radical (unpaired) electrons.